The number of halogens is 1. The highest BCUT2D eigenvalue weighted by Gasteiger charge is 2.15. The van der Waals surface area contributed by atoms with E-state index in [0.29, 0.717) is 10.7 Å². The van der Waals surface area contributed by atoms with Gasteiger partial charge in [-0.1, -0.05) is 70.5 Å². The average Bonchev–Trinajstić information content (AvgIpc) is 3.41. The molecule has 6 heteroatoms. The molecule has 2 heterocycles. The largest absolute Gasteiger partial charge is 0.451 e. The number of nitrogens with zero attached hydrogens (tertiary/aromatic N) is 1. The molecule has 3 aromatic carbocycles. The van der Waals surface area contributed by atoms with Crippen LogP contribution in [0.5, 0.6) is 0 Å². The number of benzene rings is 3. The fourth-order valence-corrected chi connectivity index (χ4v) is 4.31. The molecule has 2 aromatic heterocycles. The third-order valence-corrected chi connectivity index (χ3v) is 5.97. The number of rotatable bonds is 4. The molecule has 5 rings (SSSR count). The Hall–Kier alpha value is -3.22. The third-order valence-electron chi connectivity index (χ3n) is 4.71. The van der Waals surface area contributed by atoms with Gasteiger partial charge in [0.1, 0.15) is 5.58 Å². The van der Waals surface area contributed by atoms with Gasteiger partial charge in [0.25, 0.3) is 5.91 Å². The first-order valence-electron chi connectivity index (χ1n) is 9.27. The third kappa shape index (κ3) is 3.79. The van der Waals surface area contributed by atoms with E-state index in [2.05, 4.69) is 50.5 Å². The van der Waals surface area contributed by atoms with Gasteiger partial charge in [-0.05, 0) is 35.4 Å². The summed E-state index contributed by atoms with van der Waals surface area (Å²) in [6.07, 6.45) is 0. The Balaban J connectivity index is 1.33. The molecule has 5 aromatic rings. The number of hydrogen-bond donors (Lipinski definition) is 1. The van der Waals surface area contributed by atoms with Crippen molar-refractivity contribution in [2.75, 3.05) is 5.32 Å². The van der Waals surface area contributed by atoms with Gasteiger partial charge in [0.15, 0.2) is 10.9 Å². The second-order valence-electron chi connectivity index (χ2n) is 6.73. The van der Waals surface area contributed by atoms with Crippen LogP contribution < -0.4 is 5.32 Å². The smallest absolute Gasteiger partial charge is 0.293 e. The maximum atomic E-state index is 12.6. The molecule has 146 valence electrons. The zero-order chi connectivity index (χ0) is 20.5. The molecule has 0 spiro atoms. The molecule has 0 radical (unpaired) electrons. The van der Waals surface area contributed by atoms with Crippen LogP contribution in [0.15, 0.2) is 93.1 Å². The lowest BCUT2D eigenvalue weighted by molar-refractivity contribution is 0.0998. The van der Waals surface area contributed by atoms with Gasteiger partial charge in [-0.25, -0.2) is 4.98 Å². The van der Waals surface area contributed by atoms with Crippen LogP contribution in [0.2, 0.25) is 0 Å². The predicted octanol–water partition coefficient (Wildman–Crippen LogP) is 7.24. The molecule has 30 heavy (non-hydrogen) atoms. The Morgan fingerprint density at radius 3 is 2.43 bits per heavy atom. The van der Waals surface area contributed by atoms with E-state index in [9.17, 15) is 4.79 Å². The van der Waals surface area contributed by atoms with Gasteiger partial charge in [0.05, 0.1) is 5.69 Å². The summed E-state index contributed by atoms with van der Waals surface area (Å²) in [6, 6.07) is 25.8. The number of aromatic nitrogens is 1. The lowest BCUT2D eigenvalue weighted by Gasteiger charge is -2.03. The van der Waals surface area contributed by atoms with Crippen LogP contribution in [0.25, 0.3) is 33.4 Å². The van der Waals surface area contributed by atoms with Gasteiger partial charge in [-0.3, -0.25) is 10.1 Å². The molecule has 0 saturated heterocycles. The molecule has 0 aliphatic heterocycles. The highest BCUT2D eigenvalue weighted by molar-refractivity contribution is 9.10. The Morgan fingerprint density at radius 2 is 1.63 bits per heavy atom. The molecular weight excluding hydrogens is 460 g/mol. The lowest BCUT2D eigenvalue weighted by atomic mass is 10.0. The van der Waals surface area contributed by atoms with Crippen molar-refractivity contribution in [3.05, 3.63) is 94.5 Å². The van der Waals surface area contributed by atoms with Gasteiger partial charge in [-0.15, -0.1) is 11.3 Å². The number of amides is 1. The van der Waals surface area contributed by atoms with Crippen molar-refractivity contribution in [1.29, 1.82) is 0 Å². The minimum Gasteiger partial charge on any atom is -0.451 e. The van der Waals surface area contributed by atoms with Crippen molar-refractivity contribution in [1.82, 2.24) is 4.98 Å². The summed E-state index contributed by atoms with van der Waals surface area (Å²) in [7, 11) is 0. The van der Waals surface area contributed by atoms with E-state index in [4.69, 9.17) is 4.42 Å². The number of fused-ring (bicyclic) bond motifs is 1. The second kappa shape index (κ2) is 7.89. The van der Waals surface area contributed by atoms with Gasteiger partial charge in [0.2, 0.25) is 0 Å². The normalized spacial score (nSPS) is 11.0. The molecule has 0 unspecified atom stereocenters. The predicted molar refractivity (Wildman–Crippen MR) is 125 cm³/mol. The molecule has 0 bridgehead atoms. The molecular formula is C24H15BrN2O2S. The van der Waals surface area contributed by atoms with E-state index in [1.165, 1.54) is 16.9 Å². The van der Waals surface area contributed by atoms with Crippen LogP contribution in [0, 0.1) is 0 Å². The average molecular weight is 475 g/mol. The molecule has 0 saturated carbocycles. The number of carbonyl (C=O) groups excluding carboxylic acids is 1. The Kier molecular flexibility index (Phi) is 4.94. The summed E-state index contributed by atoms with van der Waals surface area (Å²) in [6.45, 7) is 0. The summed E-state index contributed by atoms with van der Waals surface area (Å²) in [5.41, 5.74) is 4.82. The minimum atomic E-state index is -0.317. The lowest BCUT2D eigenvalue weighted by Crippen LogP contribution is -2.10. The Morgan fingerprint density at radius 1 is 0.900 bits per heavy atom. The van der Waals surface area contributed by atoms with Crippen LogP contribution in [0.1, 0.15) is 10.6 Å². The van der Waals surface area contributed by atoms with Crippen LogP contribution >= 0.6 is 27.3 Å². The highest BCUT2D eigenvalue weighted by atomic mass is 79.9. The van der Waals surface area contributed by atoms with Crippen molar-refractivity contribution < 1.29 is 9.21 Å². The monoisotopic (exact) mass is 474 g/mol. The van der Waals surface area contributed by atoms with Crippen LogP contribution in [0.4, 0.5) is 5.13 Å². The first-order chi connectivity index (χ1) is 14.7. The molecule has 0 fully saturated rings. The first-order valence-corrected chi connectivity index (χ1v) is 10.9. The number of thiazole rings is 1. The zero-order valence-corrected chi connectivity index (χ0v) is 18.0. The van der Waals surface area contributed by atoms with Crippen molar-refractivity contribution in [2.45, 2.75) is 0 Å². The van der Waals surface area contributed by atoms with Crippen molar-refractivity contribution in [3.63, 3.8) is 0 Å². The molecule has 4 nitrogen and oxygen atoms in total. The van der Waals surface area contributed by atoms with Crippen molar-refractivity contribution in [3.8, 4) is 22.4 Å². The summed E-state index contributed by atoms with van der Waals surface area (Å²) < 4.78 is 6.58. The Labute approximate surface area is 185 Å². The van der Waals surface area contributed by atoms with E-state index in [1.807, 2.05) is 53.9 Å². The van der Waals surface area contributed by atoms with E-state index >= 15 is 0 Å². The van der Waals surface area contributed by atoms with E-state index in [0.717, 1.165) is 26.7 Å². The fraction of sp³-hybridized carbons (Fsp3) is 0. The van der Waals surface area contributed by atoms with E-state index in [1.54, 1.807) is 6.07 Å². The minimum absolute atomic E-state index is 0.257. The number of nitrogens with one attached hydrogen (secondary N) is 1. The molecule has 1 amide bonds. The van der Waals surface area contributed by atoms with E-state index < -0.39 is 0 Å². The maximum Gasteiger partial charge on any atom is 0.293 e. The summed E-state index contributed by atoms with van der Waals surface area (Å²) in [4.78, 5) is 17.1. The van der Waals surface area contributed by atoms with Gasteiger partial charge in [0, 0.05) is 20.8 Å². The summed E-state index contributed by atoms with van der Waals surface area (Å²) >= 11 is 4.81. The van der Waals surface area contributed by atoms with E-state index in [-0.39, 0.29) is 11.7 Å². The maximum absolute atomic E-state index is 12.6. The number of furan rings is 1. The van der Waals surface area contributed by atoms with Crippen LogP contribution in [-0.4, -0.2) is 10.9 Å². The zero-order valence-electron chi connectivity index (χ0n) is 15.6. The molecule has 0 atom stereocenters. The van der Waals surface area contributed by atoms with Crippen LogP contribution in [0.3, 0.4) is 0 Å². The SMILES string of the molecule is O=C(Nc1nc(-c2ccc(-c3ccccc3)cc2)cs1)c1cc2cc(Br)ccc2o1. The second-order valence-corrected chi connectivity index (χ2v) is 8.50. The number of carbonyl (C=O) groups is 1. The van der Waals surface area contributed by atoms with Crippen molar-refractivity contribution >= 4 is 49.3 Å². The van der Waals surface area contributed by atoms with Gasteiger partial charge < -0.3 is 4.42 Å². The fourth-order valence-electron chi connectivity index (χ4n) is 3.21. The number of anilines is 1. The van der Waals surface area contributed by atoms with Gasteiger partial charge >= 0.3 is 0 Å². The van der Waals surface area contributed by atoms with Crippen molar-refractivity contribution in [2.24, 2.45) is 0 Å². The summed E-state index contributed by atoms with van der Waals surface area (Å²) in [5, 5.41) is 6.16. The first kappa shape index (κ1) is 18.8. The molecule has 0 aliphatic carbocycles. The molecule has 1 N–H and O–H groups in total. The number of hydrogen-bond acceptors (Lipinski definition) is 4. The topological polar surface area (TPSA) is 55.1 Å². The Bertz CT molecular complexity index is 1340. The standard InChI is InChI=1S/C24H15BrN2O2S/c25-19-10-11-21-18(12-19)13-22(29-21)23(28)27-24-26-20(14-30-24)17-8-6-16(7-9-17)15-4-2-1-3-5-15/h1-14H,(H,26,27,28). The quantitative estimate of drug-likeness (QED) is 0.298. The van der Waals surface area contributed by atoms with Crippen LogP contribution in [-0.2, 0) is 0 Å². The molecule has 0 aliphatic rings. The highest BCUT2D eigenvalue weighted by Crippen LogP contribution is 2.29. The van der Waals surface area contributed by atoms with Gasteiger partial charge in [-0.2, -0.15) is 0 Å². The summed E-state index contributed by atoms with van der Waals surface area (Å²) in [5.74, 6) is -0.0605.